The maximum absolute atomic E-state index is 3.58. The summed E-state index contributed by atoms with van der Waals surface area (Å²) in [4.78, 5) is 3.13. The molecule has 0 bridgehead atoms. The van der Waals surface area contributed by atoms with Crippen LogP contribution in [0.3, 0.4) is 0 Å². The SMILES string of the molecule is CCNC1CCC(Cc2ccc(CC)s2)C1. The lowest BCUT2D eigenvalue weighted by Gasteiger charge is -2.11. The van der Waals surface area contributed by atoms with E-state index in [1.807, 2.05) is 11.3 Å². The predicted molar refractivity (Wildman–Crippen MR) is 72.2 cm³/mol. The summed E-state index contributed by atoms with van der Waals surface area (Å²) in [5.74, 6) is 0.924. The van der Waals surface area contributed by atoms with Crippen molar-refractivity contribution in [3.8, 4) is 0 Å². The van der Waals surface area contributed by atoms with E-state index in [0.29, 0.717) is 0 Å². The Morgan fingerprint density at radius 2 is 2.06 bits per heavy atom. The predicted octanol–water partition coefficient (Wildman–Crippen LogP) is 3.63. The van der Waals surface area contributed by atoms with Gasteiger partial charge in [0.25, 0.3) is 0 Å². The molecule has 1 aliphatic rings. The number of thiophene rings is 1. The molecule has 1 aromatic rings. The standard InChI is InChI=1S/C14H23NS/c1-3-13-7-8-14(16-13)10-11-5-6-12(9-11)15-4-2/h7-8,11-12,15H,3-6,9-10H2,1-2H3. The maximum Gasteiger partial charge on any atom is 0.00698 e. The molecule has 1 aromatic heterocycles. The van der Waals surface area contributed by atoms with Crippen LogP contribution in [0.5, 0.6) is 0 Å². The summed E-state index contributed by atoms with van der Waals surface area (Å²) in [5.41, 5.74) is 0. The van der Waals surface area contributed by atoms with Crippen LogP contribution in [0.2, 0.25) is 0 Å². The second kappa shape index (κ2) is 5.83. The van der Waals surface area contributed by atoms with Crippen LogP contribution in [0.1, 0.15) is 42.9 Å². The molecule has 16 heavy (non-hydrogen) atoms. The fraction of sp³-hybridized carbons (Fsp3) is 0.714. The first kappa shape index (κ1) is 12.1. The number of nitrogens with one attached hydrogen (secondary N) is 1. The minimum absolute atomic E-state index is 0.792. The Balaban J connectivity index is 1.82. The third-order valence-electron chi connectivity index (χ3n) is 3.59. The summed E-state index contributed by atoms with van der Waals surface area (Å²) in [6.45, 7) is 5.57. The van der Waals surface area contributed by atoms with Crippen LogP contribution in [0.15, 0.2) is 12.1 Å². The number of hydrogen-bond acceptors (Lipinski definition) is 2. The molecule has 1 aliphatic carbocycles. The van der Waals surface area contributed by atoms with Crippen LogP contribution in [-0.2, 0) is 12.8 Å². The van der Waals surface area contributed by atoms with Crippen molar-refractivity contribution >= 4 is 11.3 Å². The highest BCUT2D eigenvalue weighted by molar-refractivity contribution is 7.11. The van der Waals surface area contributed by atoms with Gasteiger partial charge < -0.3 is 5.32 Å². The zero-order valence-corrected chi connectivity index (χ0v) is 11.3. The first-order chi connectivity index (χ1) is 7.81. The molecule has 2 heteroatoms. The lowest BCUT2D eigenvalue weighted by Crippen LogP contribution is -2.25. The molecule has 2 atom stereocenters. The molecule has 90 valence electrons. The van der Waals surface area contributed by atoms with E-state index in [2.05, 4.69) is 31.3 Å². The van der Waals surface area contributed by atoms with E-state index in [1.54, 1.807) is 4.88 Å². The summed E-state index contributed by atoms with van der Waals surface area (Å²) in [6.07, 6.45) is 6.68. The second-order valence-corrected chi connectivity index (χ2v) is 6.11. The van der Waals surface area contributed by atoms with Gasteiger partial charge in [-0.15, -0.1) is 11.3 Å². The maximum atomic E-state index is 3.58. The summed E-state index contributed by atoms with van der Waals surface area (Å²) in [5, 5.41) is 3.58. The number of aryl methyl sites for hydroxylation is 1. The molecule has 1 fully saturated rings. The largest absolute Gasteiger partial charge is 0.314 e. The van der Waals surface area contributed by atoms with Crippen molar-refractivity contribution in [1.29, 1.82) is 0 Å². The lowest BCUT2D eigenvalue weighted by molar-refractivity contribution is 0.495. The van der Waals surface area contributed by atoms with Crippen molar-refractivity contribution in [3.63, 3.8) is 0 Å². The van der Waals surface area contributed by atoms with Gasteiger partial charge in [-0.3, -0.25) is 0 Å². The van der Waals surface area contributed by atoms with E-state index in [-0.39, 0.29) is 0 Å². The monoisotopic (exact) mass is 237 g/mol. The third kappa shape index (κ3) is 3.08. The highest BCUT2D eigenvalue weighted by atomic mass is 32.1. The zero-order valence-electron chi connectivity index (χ0n) is 10.5. The van der Waals surface area contributed by atoms with E-state index in [0.717, 1.165) is 18.5 Å². The third-order valence-corrected chi connectivity index (χ3v) is 4.84. The smallest absolute Gasteiger partial charge is 0.00698 e. The van der Waals surface area contributed by atoms with E-state index in [4.69, 9.17) is 0 Å². The van der Waals surface area contributed by atoms with Crippen LogP contribution in [-0.4, -0.2) is 12.6 Å². The van der Waals surface area contributed by atoms with Gasteiger partial charge in [-0.2, -0.15) is 0 Å². The van der Waals surface area contributed by atoms with Crippen LogP contribution < -0.4 is 5.32 Å². The summed E-state index contributed by atoms with van der Waals surface area (Å²) < 4.78 is 0. The van der Waals surface area contributed by atoms with E-state index in [1.165, 1.54) is 37.0 Å². The molecule has 0 aliphatic heterocycles. The fourth-order valence-corrected chi connectivity index (χ4v) is 3.81. The van der Waals surface area contributed by atoms with Gasteiger partial charge in [0.05, 0.1) is 0 Å². The van der Waals surface area contributed by atoms with Crippen LogP contribution in [0.25, 0.3) is 0 Å². The molecule has 1 saturated carbocycles. The first-order valence-electron chi connectivity index (χ1n) is 6.62. The van der Waals surface area contributed by atoms with E-state index in [9.17, 15) is 0 Å². The van der Waals surface area contributed by atoms with Crippen LogP contribution >= 0.6 is 11.3 Å². The molecule has 2 rings (SSSR count). The topological polar surface area (TPSA) is 12.0 Å². The molecule has 2 unspecified atom stereocenters. The molecule has 1 heterocycles. The average molecular weight is 237 g/mol. The highest BCUT2D eigenvalue weighted by Gasteiger charge is 2.24. The normalized spacial score (nSPS) is 25.1. The van der Waals surface area contributed by atoms with Crippen molar-refractivity contribution in [3.05, 3.63) is 21.9 Å². The summed E-state index contributed by atoms with van der Waals surface area (Å²) in [7, 11) is 0. The highest BCUT2D eigenvalue weighted by Crippen LogP contribution is 2.30. The molecular formula is C14H23NS. The molecular weight excluding hydrogens is 214 g/mol. The van der Waals surface area contributed by atoms with Gasteiger partial charge >= 0.3 is 0 Å². The summed E-state index contributed by atoms with van der Waals surface area (Å²) in [6, 6.07) is 5.43. The van der Waals surface area contributed by atoms with Crippen molar-refractivity contribution in [1.82, 2.24) is 5.32 Å². The minimum atomic E-state index is 0.792. The van der Waals surface area contributed by atoms with Crippen molar-refractivity contribution in [2.45, 2.75) is 52.0 Å². The zero-order chi connectivity index (χ0) is 11.4. The Hall–Kier alpha value is -0.340. The van der Waals surface area contributed by atoms with Crippen molar-refractivity contribution < 1.29 is 0 Å². The average Bonchev–Trinajstić information content (AvgIpc) is 2.89. The number of rotatable bonds is 5. The quantitative estimate of drug-likeness (QED) is 0.824. The van der Waals surface area contributed by atoms with Gasteiger partial charge in [-0.25, -0.2) is 0 Å². The minimum Gasteiger partial charge on any atom is -0.314 e. The van der Waals surface area contributed by atoms with Gasteiger partial charge in [0, 0.05) is 15.8 Å². The second-order valence-electron chi connectivity index (χ2n) is 4.86. The Labute approximate surface area is 103 Å². The van der Waals surface area contributed by atoms with Gasteiger partial charge in [0.2, 0.25) is 0 Å². The Kier molecular flexibility index (Phi) is 4.42. The Bertz CT molecular complexity index is 318. The molecule has 0 spiro atoms. The van der Waals surface area contributed by atoms with Gasteiger partial charge in [-0.1, -0.05) is 13.8 Å². The van der Waals surface area contributed by atoms with Gasteiger partial charge in [0.15, 0.2) is 0 Å². The molecule has 0 saturated heterocycles. The molecule has 0 radical (unpaired) electrons. The first-order valence-corrected chi connectivity index (χ1v) is 7.44. The molecule has 1 nitrogen and oxygen atoms in total. The van der Waals surface area contributed by atoms with Crippen molar-refractivity contribution in [2.24, 2.45) is 5.92 Å². The van der Waals surface area contributed by atoms with Gasteiger partial charge in [0.1, 0.15) is 0 Å². The molecule has 0 aromatic carbocycles. The lowest BCUT2D eigenvalue weighted by atomic mass is 10.0. The number of hydrogen-bond donors (Lipinski definition) is 1. The Morgan fingerprint density at radius 3 is 2.75 bits per heavy atom. The molecule has 1 N–H and O–H groups in total. The fourth-order valence-electron chi connectivity index (χ4n) is 2.74. The Morgan fingerprint density at radius 1 is 1.25 bits per heavy atom. The molecule has 0 amide bonds. The summed E-state index contributed by atoms with van der Waals surface area (Å²) >= 11 is 2.01. The van der Waals surface area contributed by atoms with Crippen LogP contribution in [0, 0.1) is 5.92 Å². The van der Waals surface area contributed by atoms with Gasteiger partial charge in [-0.05, 0) is 56.7 Å². The van der Waals surface area contributed by atoms with Crippen molar-refractivity contribution in [2.75, 3.05) is 6.54 Å². The van der Waals surface area contributed by atoms with E-state index >= 15 is 0 Å². The van der Waals surface area contributed by atoms with Crippen LogP contribution in [0.4, 0.5) is 0 Å². The van der Waals surface area contributed by atoms with E-state index < -0.39 is 0 Å².